The van der Waals surface area contributed by atoms with E-state index in [0.717, 1.165) is 50.6 Å². The third kappa shape index (κ3) is 4.32. The van der Waals surface area contributed by atoms with E-state index in [2.05, 4.69) is 26.0 Å². The van der Waals surface area contributed by atoms with E-state index in [4.69, 9.17) is 9.72 Å². The number of rotatable bonds is 4. The number of hydrogen-bond acceptors (Lipinski definition) is 4. The van der Waals surface area contributed by atoms with Crippen molar-refractivity contribution in [1.82, 2.24) is 19.8 Å². The van der Waals surface area contributed by atoms with Crippen LogP contribution in [0.5, 0.6) is 0 Å². The maximum atomic E-state index is 11.9. The molecule has 138 valence electrons. The topological polar surface area (TPSA) is 71.8 Å². The monoisotopic (exact) mass is 347 g/mol. The number of nitrogens with one attached hydrogen (secondary N) is 1. The molecular formula is C18H29N5O2. The van der Waals surface area contributed by atoms with Gasteiger partial charge in [0.25, 0.3) is 0 Å². The van der Waals surface area contributed by atoms with Gasteiger partial charge in [0.05, 0.1) is 24.8 Å². The largest absolute Gasteiger partial charge is 0.466 e. The molecule has 0 unspecified atom stereocenters. The van der Waals surface area contributed by atoms with Crippen molar-refractivity contribution in [3.05, 3.63) is 17.7 Å². The molecule has 1 saturated heterocycles. The highest BCUT2D eigenvalue weighted by Crippen LogP contribution is 2.19. The number of nitrogens with zero attached hydrogens (tertiary/aromatic N) is 4. The zero-order valence-electron chi connectivity index (χ0n) is 15.3. The number of likely N-dealkylation sites (tertiary alicyclic amines) is 1. The summed E-state index contributed by atoms with van der Waals surface area (Å²) in [7, 11) is 1.80. The van der Waals surface area contributed by atoms with Gasteiger partial charge in [-0.1, -0.05) is 0 Å². The van der Waals surface area contributed by atoms with Gasteiger partial charge in [0.15, 0.2) is 5.96 Å². The number of ether oxygens (including phenoxy) is 1. The van der Waals surface area contributed by atoms with E-state index in [0.29, 0.717) is 13.2 Å². The van der Waals surface area contributed by atoms with Crippen molar-refractivity contribution in [3.63, 3.8) is 0 Å². The predicted molar refractivity (Wildman–Crippen MR) is 96.3 cm³/mol. The van der Waals surface area contributed by atoms with Gasteiger partial charge in [-0.25, -0.2) is 4.98 Å². The molecule has 0 bridgehead atoms. The van der Waals surface area contributed by atoms with E-state index in [-0.39, 0.29) is 11.9 Å². The maximum Gasteiger partial charge on any atom is 0.309 e. The second kappa shape index (κ2) is 8.36. The Labute approximate surface area is 149 Å². The van der Waals surface area contributed by atoms with E-state index in [1.807, 2.05) is 6.92 Å². The van der Waals surface area contributed by atoms with Crippen molar-refractivity contribution in [2.75, 3.05) is 26.7 Å². The van der Waals surface area contributed by atoms with Crippen LogP contribution in [-0.2, 0) is 29.0 Å². The molecule has 2 aliphatic rings. The average Bonchev–Trinajstić information content (AvgIpc) is 3.06. The highest BCUT2D eigenvalue weighted by molar-refractivity contribution is 5.80. The van der Waals surface area contributed by atoms with Gasteiger partial charge < -0.3 is 19.5 Å². The van der Waals surface area contributed by atoms with Gasteiger partial charge in [-0.15, -0.1) is 0 Å². The molecule has 7 nitrogen and oxygen atoms in total. The van der Waals surface area contributed by atoms with Crippen molar-refractivity contribution in [2.45, 2.75) is 52.1 Å². The van der Waals surface area contributed by atoms with Gasteiger partial charge in [-0.3, -0.25) is 9.79 Å². The van der Waals surface area contributed by atoms with Crippen molar-refractivity contribution < 1.29 is 9.53 Å². The van der Waals surface area contributed by atoms with Crippen LogP contribution in [0.2, 0.25) is 0 Å². The van der Waals surface area contributed by atoms with Crippen molar-refractivity contribution in [1.29, 1.82) is 0 Å². The molecule has 1 aromatic rings. The van der Waals surface area contributed by atoms with Crippen LogP contribution in [0.4, 0.5) is 0 Å². The van der Waals surface area contributed by atoms with Crippen LogP contribution in [-0.4, -0.2) is 53.1 Å². The number of hydrogen-bond donors (Lipinski definition) is 1. The average molecular weight is 347 g/mol. The minimum atomic E-state index is -0.0614. The third-order valence-corrected chi connectivity index (χ3v) is 5.01. The van der Waals surface area contributed by atoms with Gasteiger partial charge in [-0.2, -0.15) is 0 Å². The fraction of sp³-hybridized carbons (Fsp3) is 0.722. The number of esters is 1. The number of piperidine rings is 1. The lowest BCUT2D eigenvalue weighted by atomic mass is 9.97. The minimum absolute atomic E-state index is 0.0224. The molecule has 0 amide bonds. The van der Waals surface area contributed by atoms with Gasteiger partial charge in [0.2, 0.25) is 0 Å². The smallest absolute Gasteiger partial charge is 0.309 e. The Balaban J connectivity index is 1.50. The Kier molecular flexibility index (Phi) is 5.94. The fourth-order valence-corrected chi connectivity index (χ4v) is 3.65. The van der Waals surface area contributed by atoms with Crippen molar-refractivity contribution in [2.24, 2.45) is 10.9 Å². The number of fused-ring (bicyclic) bond motifs is 1. The zero-order valence-corrected chi connectivity index (χ0v) is 15.3. The fourth-order valence-electron chi connectivity index (χ4n) is 3.65. The molecule has 2 aliphatic heterocycles. The third-order valence-electron chi connectivity index (χ3n) is 5.01. The van der Waals surface area contributed by atoms with Gasteiger partial charge in [-0.05, 0) is 32.6 Å². The lowest BCUT2D eigenvalue weighted by molar-refractivity contribution is -0.149. The van der Waals surface area contributed by atoms with Gasteiger partial charge >= 0.3 is 5.97 Å². The number of carbonyl (C=O) groups excluding carboxylic acids is 1. The molecule has 1 aromatic heterocycles. The number of aromatic nitrogens is 2. The number of aliphatic imine (C=N–C) groups is 1. The van der Waals surface area contributed by atoms with E-state index in [1.165, 1.54) is 18.7 Å². The van der Waals surface area contributed by atoms with E-state index >= 15 is 0 Å². The van der Waals surface area contributed by atoms with Gasteiger partial charge in [0, 0.05) is 39.3 Å². The molecule has 3 heterocycles. The summed E-state index contributed by atoms with van der Waals surface area (Å²) < 4.78 is 7.41. The molecule has 1 fully saturated rings. The standard InChI is InChI=1S/C18H29N5O2/c1-3-25-17(24)14-7-10-22(11-8-14)18(19-2)20-12-15-13-23-9-5-4-6-16(23)21-15/h13-14H,3-12H2,1-2H3,(H,19,20). The van der Waals surface area contributed by atoms with Gasteiger partial charge in [0.1, 0.15) is 5.82 Å². The first-order valence-electron chi connectivity index (χ1n) is 9.38. The number of carbonyl (C=O) groups is 1. The lowest BCUT2D eigenvalue weighted by Gasteiger charge is -2.33. The van der Waals surface area contributed by atoms with E-state index in [1.54, 1.807) is 7.05 Å². The highest BCUT2D eigenvalue weighted by Gasteiger charge is 2.27. The summed E-state index contributed by atoms with van der Waals surface area (Å²) in [5, 5.41) is 3.42. The molecule has 7 heteroatoms. The summed E-state index contributed by atoms with van der Waals surface area (Å²) in [6, 6.07) is 0. The van der Waals surface area contributed by atoms with E-state index in [9.17, 15) is 4.79 Å². The first-order chi connectivity index (χ1) is 12.2. The highest BCUT2D eigenvalue weighted by atomic mass is 16.5. The molecule has 0 aliphatic carbocycles. The number of guanidine groups is 1. The molecule has 1 N–H and O–H groups in total. The molecule has 0 saturated carbocycles. The van der Waals surface area contributed by atoms with Crippen LogP contribution in [0.1, 0.15) is 44.1 Å². The molecule has 0 radical (unpaired) electrons. The minimum Gasteiger partial charge on any atom is -0.466 e. The molecule has 0 spiro atoms. The number of imidazole rings is 1. The summed E-state index contributed by atoms with van der Waals surface area (Å²) in [5.41, 5.74) is 1.07. The van der Waals surface area contributed by atoms with E-state index < -0.39 is 0 Å². The predicted octanol–water partition coefficient (Wildman–Crippen LogP) is 1.57. The zero-order chi connectivity index (χ0) is 17.6. The molecule has 25 heavy (non-hydrogen) atoms. The first-order valence-corrected chi connectivity index (χ1v) is 9.38. The molecular weight excluding hydrogens is 318 g/mol. The van der Waals surface area contributed by atoms with Crippen molar-refractivity contribution in [3.8, 4) is 0 Å². The van der Waals surface area contributed by atoms with Crippen molar-refractivity contribution >= 4 is 11.9 Å². The Hall–Kier alpha value is -2.05. The maximum absolute atomic E-state index is 11.9. The SMILES string of the molecule is CCOC(=O)C1CCN(C(=NC)NCc2cn3c(n2)CCCC3)CC1. The van der Waals surface area contributed by atoms with Crippen LogP contribution in [0, 0.1) is 5.92 Å². The summed E-state index contributed by atoms with van der Waals surface area (Å²) >= 11 is 0. The van der Waals surface area contributed by atoms with Crippen LogP contribution in [0.3, 0.4) is 0 Å². The molecule has 3 rings (SSSR count). The quantitative estimate of drug-likeness (QED) is 0.508. The first kappa shape index (κ1) is 17.8. The molecule has 0 atom stereocenters. The second-order valence-corrected chi connectivity index (χ2v) is 6.71. The Bertz CT molecular complexity index is 593. The lowest BCUT2D eigenvalue weighted by Crippen LogP contribution is -2.46. The summed E-state index contributed by atoms with van der Waals surface area (Å²) in [5.74, 6) is 2.05. The summed E-state index contributed by atoms with van der Waals surface area (Å²) in [4.78, 5) is 23.2. The Morgan fingerprint density at radius 1 is 1.36 bits per heavy atom. The summed E-state index contributed by atoms with van der Waals surface area (Å²) in [6.45, 7) is 5.72. The molecule has 0 aromatic carbocycles. The Morgan fingerprint density at radius 2 is 2.16 bits per heavy atom. The van der Waals surface area contributed by atoms with Crippen LogP contribution in [0.25, 0.3) is 0 Å². The summed E-state index contributed by atoms with van der Waals surface area (Å²) in [6.07, 6.45) is 7.35. The van der Waals surface area contributed by atoms with Crippen LogP contribution >= 0.6 is 0 Å². The number of aryl methyl sites for hydroxylation is 2. The Morgan fingerprint density at radius 3 is 2.84 bits per heavy atom. The van der Waals surface area contributed by atoms with Crippen LogP contribution < -0.4 is 5.32 Å². The van der Waals surface area contributed by atoms with Crippen LogP contribution in [0.15, 0.2) is 11.2 Å². The second-order valence-electron chi connectivity index (χ2n) is 6.71. The normalized spacial score (nSPS) is 18.8.